The van der Waals surface area contributed by atoms with Crippen LogP contribution in [0.25, 0.3) is 0 Å². The normalized spacial score (nSPS) is 10.2. The molecule has 21 heavy (non-hydrogen) atoms. The molecule has 108 valence electrons. The zero-order valence-electron chi connectivity index (χ0n) is 11.6. The summed E-state index contributed by atoms with van der Waals surface area (Å²) >= 11 is 0. The van der Waals surface area contributed by atoms with E-state index in [1.807, 2.05) is 0 Å². The average Bonchev–Trinajstić information content (AvgIpc) is 2.42. The van der Waals surface area contributed by atoms with Crippen molar-refractivity contribution in [1.29, 1.82) is 0 Å². The highest BCUT2D eigenvalue weighted by molar-refractivity contribution is 5.97. The number of ether oxygens (including phenoxy) is 1. The molecule has 2 rings (SSSR count). The van der Waals surface area contributed by atoms with Gasteiger partial charge in [0.05, 0.1) is 5.56 Å². The Balaban J connectivity index is 2.64. The molecule has 0 aromatic heterocycles. The molecule has 0 heterocycles. The van der Waals surface area contributed by atoms with Gasteiger partial charge in [0.15, 0.2) is 0 Å². The van der Waals surface area contributed by atoms with Gasteiger partial charge in [-0.1, -0.05) is 18.2 Å². The lowest BCUT2D eigenvalue weighted by Crippen LogP contribution is -2.09. The molecule has 2 aromatic rings. The molecular weight excluding hydrogens is 272 g/mol. The molecule has 0 radical (unpaired) electrons. The summed E-state index contributed by atoms with van der Waals surface area (Å²) < 4.78 is 5.60. The summed E-state index contributed by atoms with van der Waals surface area (Å²) in [6.45, 7) is 3.11. The van der Waals surface area contributed by atoms with Gasteiger partial charge in [0.1, 0.15) is 17.1 Å². The smallest absolute Gasteiger partial charge is 0.339 e. The van der Waals surface area contributed by atoms with E-state index in [-0.39, 0.29) is 16.9 Å². The second-order valence-electron chi connectivity index (χ2n) is 4.60. The fraction of sp³-hybridized carbons (Fsp3) is 0.125. The van der Waals surface area contributed by atoms with Crippen LogP contribution in [0.1, 0.15) is 31.8 Å². The fourth-order valence-corrected chi connectivity index (χ4v) is 2.19. The molecule has 0 aliphatic carbocycles. The van der Waals surface area contributed by atoms with Crippen LogP contribution in [0, 0.1) is 13.8 Å². The summed E-state index contributed by atoms with van der Waals surface area (Å²) in [5.74, 6) is -1.77. The molecule has 0 aliphatic heterocycles. The Kier molecular flexibility index (Phi) is 3.93. The lowest BCUT2D eigenvalue weighted by atomic mass is 9.97. The predicted octanol–water partition coefficient (Wildman–Crippen LogP) is 3.49. The quantitative estimate of drug-likeness (QED) is 0.898. The first-order valence-electron chi connectivity index (χ1n) is 6.25. The van der Waals surface area contributed by atoms with E-state index in [1.54, 1.807) is 44.2 Å². The number of carboxylic acids is 2. The van der Waals surface area contributed by atoms with Crippen molar-refractivity contribution in [3.05, 3.63) is 58.7 Å². The average molecular weight is 286 g/mol. The number of hydrogen-bond acceptors (Lipinski definition) is 3. The Morgan fingerprint density at radius 3 is 2.14 bits per heavy atom. The molecule has 5 nitrogen and oxygen atoms in total. The second-order valence-corrected chi connectivity index (χ2v) is 4.60. The Labute approximate surface area is 121 Å². The maximum Gasteiger partial charge on any atom is 0.339 e. The number of para-hydroxylation sites is 1. The zero-order chi connectivity index (χ0) is 15.6. The molecule has 0 atom stereocenters. The Hall–Kier alpha value is -2.82. The number of rotatable bonds is 4. The number of carboxylic acid groups (broad SMARTS) is 2. The van der Waals surface area contributed by atoms with Crippen molar-refractivity contribution < 1.29 is 24.5 Å². The van der Waals surface area contributed by atoms with Crippen LogP contribution in [0.3, 0.4) is 0 Å². The van der Waals surface area contributed by atoms with Crippen molar-refractivity contribution in [2.75, 3.05) is 0 Å². The first kappa shape index (κ1) is 14.6. The Bertz CT molecular complexity index is 704. The third kappa shape index (κ3) is 2.86. The molecule has 0 unspecified atom stereocenters. The third-order valence-electron chi connectivity index (χ3n) is 3.12. The molecule has 0 saturated carbocycles. The first-order chi connectivity index (χ1) is 9.91. The molecule has 0 fully saturated rings. The van der Waals surface area contributed by atoms with Gasteiger partial charge >= 0.3 is 11.9 Å². The minimum absolute atomic E-state index is 0.0525. The van der Waals surface area contributed by atoms with Crippen LogP contribution < -0.4 is 4.74 Å². The number of hydrogen-bond donors (Lipinski definition) is 2. The zero-order valence-corrected chi connectivity index (χ0v) is 11.6. The van der Waals surface area contributed by atoms with E-state index in [4.69, 9.17) is 4.74 Å². The molecule has 0 bridgehead atoms. The van der Waals surface area contributed by atoms with Gasteiger partial charge in [-0.3, -0.25) is 0 Å². The van der Waals surface area contributed by atoms with E-state index in [2.05, 4.69) is 0 Å². The van der Waals surface area contributed by atoms with Crippen LogP contribution in [-0.4, -0.2) is 22.2 Å². The van der Waals surface area contributed by atoms with Crippen LogP contribution >= 0.6 is 0 Å². The van der Waals surface area contributed by atoms with Gasteiger partial charge in [0.2, 0.25) is 0 Å². The SMILES string of the molecule is Cc1cc(C(=O)O)c(Oc2ccccc2)c(C)c1C(=O)O. The maximum atomic E-state index is 11.4. The lowest BCUT2D eigenvalue weighted by Gasteiger charge is -2.15. The molecule has 2 N–H and O–H groups in total. The molecule has 2 aromatic carbocycles. The van der Waals surface area contributed by atoms with Crippen LogP contribution in [0.2, 0.25) is 0 Å². The van der Waals surface area contributed by atoms with Crippen molar-refractivity contribution in [2.45, 2.75) is 13.8 Å². The standard InChI is InChI=1S/C16H14O5/c1-9-8-12(15(17)18)14(10(2)13(9)16(19)20)21-11-6-4-3-5-7-11/h3-8H,1-2H3,(H,17,18)(H,19,20). The van der Waals surface area contributed by atoms with E-state index in [9.17, 15) is 19.8 Å². The lowest BCUT2D eigenvalue weighted by molar-refractivity contribution is 0.0677. The Morgan fingerprint density at radius 2 is 1.62 bits per heavy atom. The summed E-state index contributed by atoms with van der Waals surface area (Å²) in [6, 6.07) is 9.96. The van der Waals surface area contributed by atoms with Crippen molar-refractivity contribution in [2.24, 2.45) is 0 Å². The fourth-order valence-electron chi connectivity index (χ4n) is 2.19. The van der Waals surface area contributed by atoms with Gasteiger partial charge in [-0.25, -0.2) is 9.59 Å². The highest BCUT2D eigenvalue weighted by atomic mass is 16.5. The van der Waals surface area contributed by atoms with E-state index >= 15 is 0 Å². The minimum atomic E-state index is -1.16. The van der Waals surface area contributed by atoms with Crippen LogP contribution in [0.5, 0.6) is 11.5 Å². The summed E-state index contributed by atoms with van der Waals surface area (Å²) in [4.78, 5) is 22.7. The van der Waals surface area contributed by atoms with E-state index < -0.39 is 11.9 Å². The Morgan fingerprint density at radius 1 is 1.00 bits per heavy atom. The molecule has 0 spiro atoms. The number of benzene rings is 2. The largest absolute Gasteiger partial charge is 0.478 e. The maximum absolute atomic E-state index is 11.4. The van der Waals surface area contributed by atoms with Gasteiger partial charge in [-0.05, 0) is 37.6 Å². The van der Waals surface area contributed by atoms with Gasteiger partial charge in [-0.2, -0.15) is 0 Å². The second kappa shape index (κ2) is 5.66. The first-order valence-corrected chi connectivity index (χ1v) is 6.25. The topological polar surface area (TPSA) is 83.8 Å². The van der Waals surface area contributed by atoms with Gasteiger partial charge in [0, 0.05) is 5.56 Å². The van der Waals surface area contributed by atoms with E-state index in [1.165, 1.54) is 6.07 Å². The number of aromatic carboxylic acids is 2. The highest BCUT2D eigenvalue weighted by Crippen LogP contribution is 2.33. The molecule has 0 saturated heterocycles. The predicted molar refractivity (Wildman–Crippen MR) is 76.4 cm³/mol. The van der Waals surface area contributed by atoms with Gasteiger partial charge < -0.3 is 14.9 Å². The van der Waals surface area contributed by atoms with Gasteiger partial charge in [0.25, 0.3) is 0 Å². The highest BCUT2D eigenvalue weighted by Gasteiger charge is 2.22. The summed E-state index contributed by atoms with van der Waals surface area (Å²) in [7, 11) is 0. The molecule has 5 heteroatoms. The monoisotopic (exact) mass is 286 g/mol. The van der Waals surface area contributed by atoms with E-state index in [0.717, 1.165) is 0 Å². The minimum Gasteiger partial charge on any atom is -0.478 e. The summed E-state index contributed by atoms with van der Waals surface area (Å²) in [6.07, 6.45) is 0. The van der Waals surface area contributed by atoms with Crippen molar-refractivity contribution in [3.63, 3.8) is 0 Å². The van der Waals surface area contributed by atoms with Crippen molar-refractivity contribution >= 4 is 11.9 Å². The third-order valence-corrected chi connectivity index (χ3v) is 3.12. The molecular formula is C16H14O5. The van der Waals surface area contributed by atoms with Crippen molar-refractivity contribution in [1.82, 2.24) is 0 Å². The molecule has 0 aliphatic rings. The number of aryl methyl sites for hydroxylation is 1. The van der Waals surface area contributed by atoms with Crippen LogP contribution in [0.15, 0.2) is 36.4 Å². The summed E-state index contributed by atoms with van der Waals surface area (Å²) in [5.41, 5.74) is 0.686. The van der Waals surface area contributed by atoms with Crippen LogP contribution in [-0.2, 0) is 0 Å². The van der Waals surface area contributed by atoms with Crippen molar-refractivity contribution in [3.8, 4) is 11.5 Å². The number of carbonyl (C=O) groups is 2. The van der Waals surface area contributed by atoms with E-state index in [0.29, 0.717) is 16.9 Å². The van der Waals surface area contributed by atoms with Crippen LogP contribution in [0.4, 0.5) is 0 Å². The molecule has 0 amide bonds. The summed E-state index contributed by atoms with van der Waals surface area (Å²) in [5, 5.41) is 18.6. The van der Waals surface area contributed by atoms with Gasteiger partial charge in [-0.15, -0.1) is 0 Å².